The third-order valence-corrected chi connectivity index (χ3v) is 6.27. The summed E-state index contributed by atoms with van der Waals surface area (Å²) in [4.78, 5) is 19.0. The minimum absolute atomic E-state index is 0.0834. The van der Waals surface area contributed by atoms with E-state index in [0.29, 0.717) is 5.95 Å². The van der Waals surface area contributed by atoms with Gasteiger partial charge in [-0.2, -0.15) is 4.98 Å². The van der Waals surface area contributed by atoms with Gasteiger partial charge in [-0.25, -0.2) is 17.9 Å². The number of halogens is 1. The number of hydrogen-bond donors (Lipinski definition) is 3. The predicted octanol–water partition coefficient (Wildman–Crippen LogP) is 2.99. The topological polar surface area (TPSA) is 120 Å². The van der Waals surface area contributed by atoms with Gasteiger partial charge in [0.15, 0.2) is 0 Å². The number of piperidine rings is 1. The van der Waals surface area contributed by atoms with Crippen molar-refractivity contribution in [1.82, 2.24) is 15.2 Å². The molecule has 1 amide bonds. The third-order valence-electron chi connectivity index (χ3n) is 4.88. The van der Waals surface area contributed by atoms with E-state index < -0.39 is 21.7 Å². The largest absolute Gasteiger partial charge is 0.340 e. The zero-order chi connectivity index (χ0) is 21.8. The molecule has 1 fully saturated rings. The quantitative estimate of drug-likeness (QED) is 0.538. The smallest absolute Gasteiger partial charge is 0.261 e. The van der Waals surface area contributed by atoms with Crippen molar-refractivity contribution in [3.63, 3.8) is 0 Å². The number of nitrogens with zero attached hydrogens (tertiary/aromatic N) is 3. The second kappa shape index (κ2) is 8.72. The number of H-pyrrole nitrogens is 1. The second-order valence-electron chi connectivity index (χ2n) is 7.09. The van der Waals surface area contributed by atoms with Crippen LogP contribution in [0.15, 0.2) is 53.4 Å². The molecule has 0 spiro atoms. The summed E-state index contributed by atoms with van der Waals surface area (Å²) in [5.74, 6) is -0.421. The number of hydrogen-bond acceptors (Lipinski definition) is 6. The lowest BCUT2D eigenvalue weighted by Crippen LogP contribution is -2.30. The zero-order valence-corrected chi connectivity index (χ0v) is 17.3. The fourth-order valence-electron chi connectivity index (χ4n) is 3.31. The van der Waals surface area contributed by atoms with Crippen molar-refractivity contribution in [3.05, 3.63) is 59.9 Å². The number of carbonyl (C=O) groups is 1. The monoisotopic (exact) mass is 444 g/mol. The molecule has 1 aliphatic rings. The van der Waals surface area contributed by atoms with Crippen molar-refractivity contribution in [1.29, 1.82) is 0 Å². The molecule has 162 valence electrons. The maximum Gasteiger partial charge on any atom is 0.261 e. The molecule has 0 aliphatic carbocycles. The van der Waals surface area contributed by atoms with Crippen LogP contribution in [0.5, 0.6) is 0 Å². The van der Waals surface area contributed by atoms with Crippen LogP contribution in [0.4, 0.5) is 22.0 Å². The highest BCUT2D eigenvalue weighted by atomic mass is 32.2. The molecule has 0 radical (unpaired) electrons. The number of carbonyl (C=O) groups excluding carboxylic acids is 1. The second-order valence-corrected chi connectivity index (χ2v) is 8.77. The van der Waals surface area contributed by atoms with Crippen LogP contribution in [0.2, 0.25) is 0 Å². The molecule has 1 saturated heterocycles. The average molecular weight is 444 g/mol. The van der Waals surface area contributed by atoms with Gasteiger partial charge in [-0.3, -0.25) is 14.8 Å². The molecular formula is C20H21FN6O3S. The zero-order valence-electron chi connectivity index (χ0n) is 16.5. The maximum absolute atomic E-state index is 13.1. The van der Waals surface area contributed by atoms with Gasteiger partial charge in [-0.15, -0.1) is 5.10 Å². The van der Waals surface area contributed by atoms with E-state index in [2.05, 4.69) is 25.2 Å². The normalized spacial score (nSPS) is 14.3. The fraction of sp³-hybridized carbons (Fsp3) is 0.250. The van der Waals surface area contributed by atoms with Gasteiger partial charge in [-0.05, 0) is 55.7 Å². The van der Waals surface area contributed by atoms with Gasteiger partial charge in [0.05, 0.1) is 16.1 Å². The molecule has 1 aliphatic heterocycles. The Morgan fingerprint density at radius 1 is 1.03 bits per heavy atom. The van der Waals surface area contributed by atoms with Gasteiger partial charge in [0.25, 0.3) is 15.9 Å². The summed E-state index contributed by atoms with van der Waals surface area (Å²) in [5, 5.41) is 9.45. The first-order chi connectivity index (χ1) is 14.9. The van der Waals surface area contributed by atoms with Gasteiger partial charge in [0.1, 0.15) is 5.82 Å². The number of rotatable bonds is 6. The Bertz CT molecular complexity index is 1170. The fourth-order valence-corrected chi connectivity index (χ4v) is 4.39. The van der Waals surface area contributed by atoms with E-state index in [9.17, 15) is 17.6 Å². The third kappa shape index (κ3) is 4.82. The number of amides is 1. The first kappa shape index (κ1) is 20.8. The first-order valence-electron chi connectivity index (χ1n) is 9.78. The van der Waals surface area contributed by atoms with E-state index >= 15 is 0 Å². The summed E-state index contributed by atoms with van der Waals surface area (Å²) in [5.41, 5.74) is 0.184. The van der Waals surface area contributed by atoms with E-state index in [1.807, 2.05) is 4.90 Å². The van der Waals surface area contributed by atoms with Crippen molar-refractivity contribution < 1.29 is 17.6 Å². The van der Waals surface area contributed by atoms with Crippen LogP contribution in [0.25, 0.3) is 0 Å². The Kier molecular flexibility index (Phi) is 5.85. The highest BCUT2D eigenvalue weighted by molar-refractivity contribution is 7.92. The lowest BCUT2D eigenvalue weighted by atomic mass is 10.1. The van der Waals surface area contributed by atoms with Crippen molar-refractivity contribution >= 4 is 33.5 Å². The molecule has 31 heavy (non-hydrogen) atoms. The van der Waals surface area contributed by atoms with Crippen LogP contribution in [-0.2, 0) is 10.0 Å². The SMILES string of the molecule is O=C(Nc1nc(N2CCCCC2)n[nH]1)c1ccccc1NS(=O)(=O)c1ccc(F)cc1. The highest BCUT2D eigenvalue weighted by Gasteiger charge is 2.20. The van der Waals surface area contributed by atoms with Crippen LogP contribution < -0.4 is 14.9 Å². The van der Waals surface area contributed by atoms with Crippen molar-refractivity contribution in [2.75, 3.05) is 28.0 Å². The van der Waals surface area contributed by atoms with Crippen LogP contribution in [-0.4, -0.2) is 42.6 Å². The number of aromatic amines is 1. The van der Waals surface area contributed by atoms with E-state index in [4.69, 9.17) is 0 Å². The molecule has 2 aromatic carbocycles. The number of benzene rings is 2. The molecule has 0 unspecified atom stereocenters. The van der Waals surface area contributed by atoms with Gasteiger partial charge in [-0.1, -0.05) is 12.1 Å². The van der Waals surface area contributed by atoms with Crippen LogP contribution in [0.3, 0.4) is 0 Å². The molecule has 0 saturated carbocycles. The molecule has 1 aromatic heterocycles. The van der Waals surface area contributed by atoms with Crippen molar-refractivity contribution in [2.24, 2.45) is 0 Å². The number of nitrogens with one attached hydrogen (secondary N) is 3. The van der Waals surface area contributed by atoms with E-state index in [1.165, 1.54) is 18.6 Å². The summed E-state index contributed by atoms with van der Waals surface area (Å²) in [7, 11) is -4.01. The number of aromatic nitrogens is 3. The van der Waals surface area contributed by atoms with Crippen LogP contribution >= 0.6 is 0 Å². The number of anilines is 3. The molecule has 0 bridgehead atoms. The highest BCUT2D eigenvalue weighted by Crippen LogP contribution is 2.22. The van der Waals surface area contributed by atoms with Crippen LogP contribution in [0, 0.1) is 5.82 Å². The van der Waals surface area contributed by atoms with Gasteiger partial charge in [0, 0.05) is 13.1 Å². The Balaban J connectivity index is 1.51. The van der Waals surface area contributed by atoms with Crippen molar-refractivity contribution in [2.45, 2.75) is 24.2 Å². The maximum atomic E-state index is 13.1. The Morgan fingerprint density at radius 3 is 2.48 bits per heavy atom. The standard InChI is InChI=1S/C20H21FN6O3S/c21-14-8-10-15(11-9-14)31(29,30)26-17-7-3-2-6-16(17)18(28)22-19-23-20(25-24-19)27-12-4-1-5-13-27/h2-3,6-11,26H,1,4-5,12-13H2,(H2,22,23,24,25,28). The first-order valence-corrected chi connectivity index (χ1v) is 11.3. The van der Waals surface area contributed by atoms with E-state index in [1.54, 1.807) is 12.1 Å². The molecule has 0 atom stereocenters. The summed E-state index contributed by atoms with van der Waals surface area (Å²) in [6.07, 6.45) is 3.31. The Hall–Kier alpha value is -3.47. The van der Waals surface area contributed by atoms with E-state index in [-0.39, 0.29) is 22.1 Å². The summed E-state index contributed by atoms with van der Waals surface area (Å²) >= 11 is 0. The minimum Gasteiger partial charge on any atom is -0.340 e. The van der Waals surface area contributed by atoms with Gasteiger partial charge in [0.2, 0.25) is 11.9 Å². The molecule has 9 nitrogen and oxygen atoms in total. The van der Waals surface area contributed by atoms with Crippen molar-refractivity contribution in [3.8, 4) is 0 Å². The summed E-state index contributed by atoms with van der Waals surface area (Å²) < 4.78 is 40.7. The lowest BCUT2D eigenvalue weighted by Gasteiger charge is -2.24. The molecule has 3 aromatic rings. The Morgan fingerprint density at radius 2 is 1.74 bits per heavy atom. The number of sulfonamides is 1. The summed E-state index contributed by atoms with van der Waals surface area (Å²) in [6, 6.07) is 10.6. The van der Waals surface area contributed by atoms with Gasteiger partial charge < -0.3 is 4.90 Å². The molecule has 4 rings (SSSR count). The molecule has 11 heteroatoms. The number of para-hydroxylation sites is 1. The molecule has 3 N–H and O–H groups in total. The Labute approximate surface area is 178 Å². The predicted molar refractivity (Wildman–Crippen MR) is 114 cm³/mol. The molecular weight excluding hydrogens is 423 g/mol. The average Bonchev–Trinajstić information content (AvgIpc) is 3.23. The summed E-state index contributed by atoms with van der Waals surface area (Å²) in [6.45, 7) is 1.72. The minimum atomic E-state index is -4.01. The van der Waals surface area contributed by atoms with Gasteiger partial charge >= 0.3 is 0 Å². The van der Waals surface area contributed by atoms with E-state index in [0.717, 1.165) is 50.2 Å². The van der Waals surface area contributed by atoms with Crippen LogP contribution in [0.1, 0.15) is 29.6 Å². The lowest BCUT2D eigenvalue weighted by molar-refractivity contribution is 0.102. The molecule has 2 heterocycles.